The second-order valence-corrected chi connectivity index (χ2v) is 14.4. The molecule has 1 aliphatic heterocycles. The van der Waals surface area contributed by atoms with E-state index < -0.39 is 0 Å². The van der Waals surface area contributed by atoms with Gasteiger partial charge in [-0.3, -0.25) is 0 Å². The summed E-state index contributed by atoms with van der Waals surface area (Å²) in [4.78, 5) is 18.1. The number of hydrogen-bond acceptors (Lipinski definition) is 4. The summed E-state index contributed by atoms with van der Waals surface area (Å²) in [6.07, 6.45) is 0. The average molecular weight is 727 g/mol. The van der Waals surface area contributed by atoms with E-state index in [0.717, 1.165) is 55.7 Å². The van der Waals surface area contributed by atoms with Crippen LogP contribution < -0.4 is 4.90 Å². The molecule has 0 atom stereocenters. The Morgan fingerprint density at radius 1 is 0.316 bits per heavy atom. The van der Waals surface area contributed by atoms with Gasteiger partial charge in [-0.15, -0.1) is 0 Å². The highest BCUT2D eigenvalue weighted by Crippen LogP contribution is 2.54. The fraction of sp³-hybridized carbons (Fsp3) is 0. The maximum Gasteiger partial charge on any atom is 0.164 e. The van der Waals surface area contributed by atoms with E-state index in [1.165, 1.54) is 33.0 Å². The van der Waals surface area contributed by atoms with Crippen LogP contribution in [0.2, 0.25) is 0 Å². The summed E-state index contributed by atoms with van der Waals surface area (Å²) in [6, 6.07) is 72.8. The van der Waals surface area contributed by atoms with Crippen LogP contribution in [0.15, 0.2) is 206 Å². The number of aromatic nitrogens is 3. The molecule has 9 aromatic carbocycles. The molecule has 266 valence electrons. The molecule has 0 fully saturated rings. The minimum absolute atomic E-state index is 0.628. The first-order chi connectivity index (χ1) is 28.3. The van der Waals surface area contributed by atoms with Gasteiger partial charge >= 0.3 is 0 Å². The zero-order valence-electron chi connectivity index (χ0n) is 30.9. The van der Waals surface area contributed by atoms with Gasteiger partial charge in [-0.1, -0.05) is 170 Å². The zero-order valence-corrected chi connectivity index (χ0v) is 30.9. The van der Waals surface area contributed by atoms with Crippen molar-refractivity contribution in [3.05, 3.63) is 206 Å². The van der Waals surface area contributed by atoms with Gasteiger partial charge in [0.15, 0.2) is 17.5 Å². The molecule has 0 saturated heterocycles. The van der Waals surface area contributed by atoms with Gasteiger partial charge in [-0.05, 0) is 80.4 Å². The Labute approximate surface area is 331 Å². The molecule has 1 aliphatic rings. The third kappa shape index (κ3) is 5.66. The molecule has 2 heterocycles. The Kier molecular flexibility index (Phi) is 7.78. The zero-order chi connectivity index (χ0) is 37.7. The third-order valence-electron chi connectivity index (χ3n) is 11.0. The molecule has 4 nitrogen and oxygen atoms in total. The SMILES string of the molecule is c1ccc(-c2ccc3cc(-c4nc(-c5ccccc5)nc(-c5cccc6c5-c5cccc7c(-c8ccccc8)ccc(c57)N6c5ccccc5)n4)ccc3c2)cc1. The Morgan fingerprint density at radius 3 is 1.60 bits per heavy atom. The monoisotopic (exact) mass is 726 g/mol. The van der Waals surface area contributed by atoms with Gasteiger partial charge in [0.1, 0.15) is 0 Å². The molecular weight excluding hydrogens is 693 g/mol. The second kappa shape index (κ2) is 13.6. The smallest absolute Gasteiger partial charge is 0.164 e. The molecule has 10 aromatic rings. The second-order valence-electron chi connectivity index (χ2n) is 14.4. The predicted molar refractivity (Wildman–Crippen MR) is 236 cm³/mol. The maximum absolute atomic E-state index is 5.32. The quantitative estimate of drug-likeness (QED) is 0.171. The van der Waals surface area contributed by atoms with Gasteiger partial charge in [0.2, 0.25) is 0 Å². The Hall–Kier alpha value is -7.69. The van der Waals surface area contributed by atoms with Crippen molar-refractivity contribution in [1.29, 1.82) is 0 Å². The highest BCUT2D eigenvalue weighted by atomic mass is 15.2. The van der Waals surface area contributed by atoms with E-state index in [-0.39, 0.29) is 0 Å². The normalized spacial score (nSPS) is 11.8. The lowest BCUT2D eigenvalue weighted by Gasteiger charge is -2.35. The van der Waals surface area contributed by atoms with Gasteiger partial charge in [0, 0.05) is 33.3 Å². The molecule has 57 heavy (non-hydrogen) atoms. The molecule has 0 amide bonds. The fourth-order valence-corrected chi connectivity index (χ4v) is 8.37. The number of rotatable bonds is 6. The van der Waals surface area contributed by atoms with Crippen molar-refractivity contribution in [3.8, 4) is 67.5 Å². The molecule has 0 unspecified atom stereocenters. The average Bonchev–Trinajstić information content (AvgIpc) is 3.29. The van der Waals surface area contributed by atoms with Crippen molar-refractivity contribution < 1.29 is 0 Å². The van der Waals surface area contributed by atoms with Gasteiger partial charge in [0.05, 0.1) is 11.4 Å². The third-order valence-corrected chi connectivity index (χ3v) is 11.0. The van der Waals surface area contributed by atoms with Crippen LogP contribution in [-0.4, -0.2) is 15.0 Å². The van der Waals surface area contributed by atoms with Crippen LogP contribution in [0.5, 0.6) is 0 Å². The molecule has 0 aliphatic carbocycles. The van der Waals surface area contributed by atoms with Crippen molar-refractivity contribution in [2.24, 2.45) is 0 Å². The summed E-state index contributed by atoms with van der Waals surface area (Å²) in [6.45, 7) is 0. The van der Waals surface area contributed by atoms with E-state index in [4.69, 9.17) is 15.0 Å². The lowest BCUT2D eigenvalue weighted by molar-refractivity contribution is 1.07. The highest BCUT2D eigenvalue weighted by molar-refractivity contribution is 6.19. The van der Waals surface area contributed by atoms with E-state index >= 15 is 0 Å². The first-order valence-corrected chi connectivity index (χ1v) is 19.3. The molecule has 11 rings (SSSR count). The van der Waals surface area contributed by atoms with Crippen LogP contribution in [0.4, 0.5) is 17.1 Å². The lowest BCUT2D eigenvalue weighted by atomic mass is 9.85. The molecule has 1 aromatic heterocycles. The number of fused-ring (bicyclic) bond motifs is 3. The summed E-state index contributed by atoms with van der Waals surface area (Å²) < 4.78 is 0. The summed E-state index contributed by atoms with van der Waals surface area (Å²) in [5, 5.41) is 4.69. The molecule has 0 radical (unpaired) electrons. The molecule has 0 saturated carbocycles. The van der Waals surface area contributed by atoms with Crippen LogP contribution >= 0.6 is 0 Å². The molecule has 0 N–H and O–H groups in total. The summed E-state index contributed by atoms with van der Waals surface area (Å²) >= 11 is 0. The van der Waals surface area contributed by atoms with Crippen molar-refractivity contribution in [1.82, 2.24) is 15.0 Å². The Bertz CT molecular complexity index is 3110. The largest absolute Gasteiger partial charge is 0.309 e. The van der Waals surface area contributed by atoms with Crippen molar-refractivity contribution in [2.45, 2.75) is 0 Å². The van der Waals surface area contributed by atoms with Gasteiger partial charge in [-0.2, -0.15) is 0 Å². The first-order valence-electron chi connectivity index (χ1n) is 19.3. The van der Waals surface area contributed by atoms with Crippen LogP contribution in [0, 0.1) is 0 Å². The van der Waals surface area contributed by atoms with Crippen molar-refractivity contribution in [2.75, 3.05) is 4.90 Å². The predicted octanol–water partition coefficient (Wildman–Crippen LogP) is 14.0. The molecule has 0 bridgehead atoms. The summed E-state index contributed by atoms with van der Waals surface area (Å²) in [7, 11) is 0. The Morgan fingerprint density at radius 2 is 0.877 bits per heavy atom. The van der Waals surface area contributed by atoms with Gasteiger partial charge < -0.3 is 4.90 Å². The topological polar surface area (TPSA) is 41.9 Å². The number of para-hydroxylation sites is 1. The molecule has 0 spiro atoms. The van der Waals surface area contributed by atoms with Crippen molar-refractivity contribution >= 4 is 38.6 Å². The lowest BCUT2D eigenvalue weighted by Crippen LogP contribution is -2.16. The first kappa shape index (κ1) is 32.7. The maximum atomic E-state index is 5.32. The number of benzene rings is 9. The van der Waals surface area contributed by atoms with Crippen LogP contribution in [0.1, 0.15) is 0 Å². The minimum Gasteiger partial charge on any atom is -0.309 e. The van der Waals surface area contributed by atoms with E-state index in [0.29, 0.717) is 17.5 Å². The van der Waals surface area contributed by atoms with Gasteiger partial charge in [-0.25, -0.2) is 15.0 Å². The number of hydrogen-bond donors (Lipinski definition) is 0. The highest BCUT2D eigenvalue weighted by Gasteiger charge is 2.30. The van der Waals surface area contributed by atoms with E-state index in [1.54, 1.807) is 0 Å². The molecular formula is C53H34N4. The van der Waals surface area contributed by atoms with E-state index in [2.05, 4.69) is 193 Å². The fourth-order valence-electron chi connectivity index (χ4n) is 8.37. The summed E-state index contributed by atoms with van der Waals surface area (Å²) in [5.41, 5.74) is 13.2. The van der Waals surface area contributed by atoms with Crippen LogP contribution in [0.25, 0.3) is 89.1 Å². The number of anilines is 3. The standard InChI is InChI=1S/C53H34N4/c1-5-15-35(16-6-1)38-27-28-40-34-41(30-29-39(40)33-38)52-54-51(37-19-9-3-10-20-37)55-53(56-52)46-25-14-26-47-50(46)45-24-13-23-44-43(36-17-7-2-8-18-36)31-32-48(49(44)45)57(47)42-21-11-4-12-22-42/h1-34H. The Balaban J connectivity index is 1.14. The van der Waals surface area contributed by atoms with E-state index in [1.807, 2.05) is 18.2 Å². The number of nitrogens with zero attached hydrogens (tertiary/aromatic N) is 4. The minimum atomic E-state index is 0.628. The molecule has 4 heteroatoms. The van der Waals surface area contributed by atoms with Gasteiger partial charge in [0.25, 0.3) is 0 Å². The van der Waals surface area contributed by atoms with E-state index in [9.17, 15) is 0 Å². The van der Waals surface area contributed by atoms with Crippen LogP contribution in [-0.2, 0) is 0 Å². The summed E-state index contributed by atoms with van der Waals surface area (Å²) in [5.74, 6) is 1.89. The van der Waals surface area contributed by atoms with Crippen molar-refractivity contribution in [3.63, 3.8) is 0 Å². The van der Waals surface area contributed by atoms with Crippen LogP contribution in [0.3, 0.4) is 0 Å².